The van der Waals surface area contributed by atoms with Crippen molar-refractivity contribution in [1.82, 2.24) is 4.90 Å². The number of hydrogen-bond acceptors (Lipinski definition) is 2. The summed E-state index contributed by atoms with van der Waals surface area (Å²) in [6.45, 7) is 5.26. The van der Waals surface area contributed by atoms with Gasteiger partial charge >= 0.3 is 6.41 Å². The Kier molecular flexibility index (Phi) is 3.29. The van der Waals surface area contributed by atoms with E-state index in [2.05, 4.69) is 0 Å². The van der Waals surface area contributed by atoms with Gasteiger partial charge in [0.05, 0.1) is 13.2 Å². The van der Waals surface area contributed by atoms with Gasteiger partial charge in [-0.15, -0.1) is 0 Å². The summed E-state index contributed by atoms with van der Waals surface area (Å²) in [7, 11) is 0. The smallest absolute Gasteiger partial charge is 0.316 e. The fourth-order valence-electron chi connectivity index (χ4n) is 1.23. The van der Waals surface area contributed by atoms with Crippen LogP contribution in [0.5, 0.6) is 0 Å². The van der Waals surface area contributed by atoms with Crippen molar-refractivity contribution < 1.29 is 9.53 Å². The van der Waals surface area contributed by atoms with E-state index in [1.165, 1.54) is 0 Å². The minimum absolute atomic E-state index is 0.187. The normalized spacial score (nSPS) is 17.4. The highest BCUT2D eigenvalue weighted by molar-refractivity contribution is 5.52. The maximum Gasteiger partial charge on any atom is 0.316 e. The molecule has 1 heterocycles. The molecule has 0 spiro atoms. The zero-order valence-electron chi connectivity index (χ0n) is 7.54. The third-order valence-electron chi connectivity index (χ3n) is 1.86. The lowest BCUT2D eigenvalue weighted by atomic mass is 10.2. The summed E-state index contributed by atoms with van der Waals surface area (Å²) in [6.07, 6.45) is 4.68. The second-order valence-electron chi connectivity index (χ2n) is 3.08. The molecule has 0 aromatic rings. The largest absolute Gasteiger partial charge is 0.377 e. The molecule has 1 radical (unpaired) electrons. The molecule has 0 atom stereocenters. The van der Waals surface area contributed by atoms with Crippen LogP contribution in [0.2, 0.25) is 0 Å². The first-order chi connectivity index (χ1) is 5.75. The Morgan fingerprint density at radius 2 is 2.42 bits per heavy atom. The first kappa shape index (κ1) is 9.26. The Morgan fingerprint density at radius 3 is 2.83 bits per heavy atom. The standard InChI is InChI=1S/C9H14NO2/c1-8(2)10(7-11)9-3-5-12-6-4-9/h3,8H,4-6H2,1-2H3. The van der Waals surface area contributed by atoms with Gasteiger partial charge in [0.15, 0.2) is 0 Å². The minimum Gasteiger partial charge on any atom is -0.377 e. The number of amides is 1. The Hall–Kier alpha value is -0.830. The molecule has 1 aliphatic heterocycles. The monoisotopic (exact) mass is 168 g/mol. The number of nitrogens with zero attached hydrogens (tertiary/aromatic N) is 1. The molecule has 1 rings (SSSR count). The van der Waals surface area contributed by atoms with E-state index in [4.69, 9.17) is 4.74 Å². The van der Waals surface area contributed by atoms with Gasteiger partial charge in [0.2, 0.25) is 0 Å². The first-order valence-corrected chi connectivity index (χ1v) is 4.19. The Bertz CT molecular complexity index is 187. The van der Waals surface area contributed by atoms with E-state index in [1.807, 2.05) is 26.3 Å². The van der Waals surface area contributed by atoms with Crippen molar-refractivity contribution in [2.75, 3.05) is 13.2 Å². The van der Waals surface area contributed by atoms with Crippen LogP contribution in [0.25, 0.3) is 0 Å². The molecule has 0 saturated heterocycles. The van der Waals surface area contributed by atoms with E-state index in [-0.39, 0.29) is 6.04 Å². The van der Waals surface area contributed by atoms with Crippen molar-refractivity contribution in [2.45, 2.75) is 26.3 Å². The summed E-state index contributed by atoms with van der Waals surface area (Å²) in [4.78, 5) is 12.2. The van der Waals surface area contributed by atoms with Crippen LogP contribution in [-0.4, -0.2) is 30.6 Å². The van der Waals surface area contributed by atoms with Gasteiger partial charge < -0.3 is 9.64 Å². The van der Waals surface area contributed by atoms with Crippen LogP contribution in [0.1, 0.15) is 20.3 Å². The van der Waals surface area contributed by atoms with Crippen LogP contribution in [0.4, 0.5) is 0 Å². The van der Waals surface area contributed by atoms with E-state index in [0.717, 1.165) is 12.1 Å². The highest BCUT2D eigenvalue weighted by atomic mass is 16.5. The van der Waals surface area contributed by atoms with Gasteiger partial charge in [-0.3, -0.25) is 4.79 Å². The SMILES string of the molecule is CC(C)N([C]=O)C1=CCOCC1. The average molecular weight is 168 g/mol. The van der Waals surface area contributed by atoms with Crippen molar-refractivity contribution in [3.8, 4) is 0 Å². The van der Waals surface area contributed by atoms with Gasteiger partial charge in [-0.05, 0) is 19.9 Å². The molecule has 1 aliphatic rings. The van der Waals surface area contributed by atoms with Gasteiger partial charge in [0.25, 0.3) is 0 Å². The highest BCUT2D eigenvalue weighted by Gasteiger charge is 2.14. The third kappa shape index (κ3) is 2.08. The predicted octanol–water partition coefficient (Wildman–Crippen LogP) is 1.07. The van der Waals surface area contributed by atoms with Crippen molar-refractivity contribution in [3.63, 3.8) is 0 Å². The Balaban J connectivity index is 2.63. The van der Waals surface area contributed by atoms with Gasteiger partial charge in [-0.2, -0.15) is 0 Å². The van der Waals surface area contributed by atoms with Crippen LogP contribution in [0.3, 0.4) is 0 Å². The minimum atomic E-state index is 0.187. The van der Waals surface area contributed by atoms with Gasteiger partial charge in [0, 0.05) is 18.2 Å². The molecular formula is C9H14NO2. The molecule has 0 N–H and O–H groups in total. The summed E-state index contributed by atoms with van der Waals surface area (Å²) < 4.78 is 5.14. The summed E-state index contributed by atoms with van der Waals surface area (Å²) in [5.74, 6) is 0. The molecule has 3 heteroatoms. The fourth-order valence-corrected chi connectivity index (χ4v) is 1.23. The van der Waals surface area contributed by atoms with Gasteiger partial charge in [-0.25, -0.2) is 0 Å². The molecular weight excluding hydrogens is 154 g/mol. The zero-order chi connectivity index (χ0) is 8.97. The van der Waals surface area contributed by atoms with Crippen LogP contribution >= 0.6 is 0 Å². The summed E-state index contributed by atoms with van der Waals surface area (Å²) >= 11 is 0. The Labute approximate surface area is 73.0 Å². The Morgan fingerprint density at radius 1 is 1.67 bits per heavy atom. The second-order valence-corrected chi connectivity index (χ2v) is 3.08. The van der Waals surface area contributed by atoms with Crippen molar-refractivity contribution in [1.29, 1.82) is 0 Å². The number of rotatable bonds is 3. The summed E-state index contributed by atoms with van der Waals surface area (Å²) in [6, 6.07) is 0.187. The molecule has 0 aromatic heterocycles. The van der Waals surface area contributed by atoms with E-state index in [9.17, 15) is 4.79 Å². The van der Waals surface area contributed by atoms with Crippen molar-refractivity contribution >= 4 is 6.41 Å². The topological polar surface area (TPSA) is 29.5 Å². The maximum atomic E-state index is 10.6. The van der Waals surface area contributed by atoms with Crippen LogP contribution in [0.15, 0.2) is 11.8 Å². The van der Waals surface area contributed by atoms with Crippen molar-refractivity contribution in [3.05, 3.63) is 11.8 Å². The van der Waals surface area contributed by atoms with E-state index in [1.54, 1.807) is 4.90 Å². The lowest BCUT2D eigenvalue weighted by Gasteiger charge is -2.26. The summed E-state index contributed by atoms with van der Waals surface area (Å²) in [5.41, 5.74) is 1.03. The molecule has 1 amide bonds. The van der Waals surface area contributed by atoms with Crippen LogP contribution in [0, 0.1) is 0 Å². The number of carbonyl (C=O) groups excluding carboxylic acids is 1. The van der Waals surface area contributed by atoms with Crippen molar-refractivity contribution in [2.24, 2.45) is 0 Å². The maximum absolute atomic E-state index is 10.6. The molecule has 3 nitrogen and oxygen atoms in total. The van der Waals surface area contributed by atoms with E-state index >= 15 is 0 Å². The lowest BCUT2D eigenvalue weighted by molar-refractivity contribution is 0.144. The molecule has 0 fully saturated rings. The molecule has 67 valence electrons. The molecule has 0 unspecified atom stereocenters. The predicted molar refractivity (Wildman–Crippen MR) is 46.2 cm³/mol. The lowest BCUT2D eigenvalue weighted by Crippen LogP contribution is -2.30. The summed E-state index contributed by atoms with van der Waals surface area (Å²) in [5, 5.41) is 0. The molecule has 0 saturated carbocycles. The fraction of sp³-hybridized carbons (Fsp3) is 0.667. The molecule has 0 aliphatic carbocycles. The quantitative estimate of drug-likeness (QED) is 0.590. The zero-order valence-corrected chi connectivity index (χ0v) is 7.54. The second kappa shape index (κ2) is 4.26. The third-order valence-corrected chi connectivity index (χ3v) is 1.86. The number of hydrogen-bond donors (Lipinski definition) is 0. The van der Waals surface area contributed by atoms with E-state index in [0.29, 0.717) is 13.2 Å². The molecule has 12 heavy (non-hydrogen) atoms. The molecule has 0 aromatic carbocycles. The number of ether oxygens (including phenoxy) is 1. The van der Waals surface area contributed by atoms with Crippen LogP contribution < -0.4 is 0 Å². The van der Waals surface area contributed by atoms with E-state index < -0.39 is 0 Å². The highest BCUT2D eigenvalue weighted by Crippen LogP contribution is 2.14. The van der Waals surface area contributed by atoms with Gasteiger partial charge in [0.1, 0.15) is 0 Å². The van der Waals surface area contributed by atoms with Crippen LogP contribution in [-0.2, 0) is 9.53 Å². The average Bonchev–Trinajstić information content (AvgIpc) is 2.07. The van der Waals surface area contributed by atoms with Gasteiger partial charge in [-0.1, -0.05) is 0 Å². The molecule has 0 bridgehead atoms. The first-order valence-electron chi connectivity index (χ1n) is 4.19.